The zero-order valence-electron chi connectivity index (χ0n) is 19.3. The molecule has 0 amide bonds. The number of nitrogens with zero attached hydrogens (tertiary/aromatic N) is 3. The van der Waals surface area contributed by atoms with Crippen molar-refractivity contribution in [2.45, 2.75) is 19.0 Å². The van der Waals surface area contributed by atoms with Crippen LogP contribution in [0.2, 0.25) is 0 Å². The summed E-state index contributed by atoms with van der Waals surface area (Å²) in [5.41, 5.74) is 5.53. The lowest BCUT2D eigenvalue weighted by molar-refractivity contribution is 0.549. The van der Waals surface area contributed by atoms with Crippen LogP contribution in [0.15, 0.2) is 91.3 Å². The molecule has 1 fully saturated rings. The van der Waals surface area contributed by atoms with Crippen LogP contribution >= 0.6 is 12.2 Å². The lowest BCUT2D eigenvalue weighted by atomic mass is 10.0. The second-order valence-corrected chi connectivity index (χ2v) is 10.7. The van der Waals surface area contributed by atoms with E-state index in [1.165, 1.54) is 5.56 Å². The molecule has 2 atom stereocenters. The summed E-state index contributed by atoms with van der Waals surface area (Å²) in [6.07, 6.45) is 4.96. The molecule has 2 aromatic heterocycles. The van der Waals surface area contributed by atoms with E-state index >= 15 is 0 Å². The summed E-state index contributed by atoms with van der Waals surface area (Å²) < 4.78 is 27.9. The van der Waals surface area contributed by atoms with E-state index in [1.54, 1.807) is 18.3 Å². The number of hydrogen-bond acceptors (Lipinski definition) is 4. The third-order valence-electron chi connectivity index (χ3n) is 5.94. The standard InChI is InChI=1S/C26H25N5O2S2/c1-18-8-12-20(13-9-18)30-17-5-7-23(30)25-24(22-6-3-4-16-27-22)28-26(34)31(25)21-14-10-19(11-15-21)29-35(2,32)33/h3-17,24-25,29H,1-2H3,(H,28,34)/t24-,25+/m1/s1. The molecule has 1 saturated heterocycles. The van der Waals surface area contributed by atoms with Crippen molar-refractivity contribution in [3.05, 3.63) is 108 Å². The first-order valence-electron chi connectivity index (χ1n) is 11.1. The molecule has 4 aromatic rings. The Balaban J connectivity index is 1.60. The Morgan fingerprint density at radius 2 is 1.66 bits per heavy atom. The molecule has 9 heteroatoms. The van der Waals surface area contributed by atoms with Gasteiger partial charge in [-0.05, 0) is 79.8 Å². The summed E-state index contributed by atoms with van der Waals surface area (Å²) in [6.45, 7) is 2.07. The Bertz CT molecular complexity index is 1450. The fourth-order valence-electron chi connectivity index (χ4n) is 4.41. The summed E-state index contributed by atoms with van der Waals surface area (Å²) in [5.74, 6) is 0. The van der Waals surface area contributed by atoms with E-state index in [1.807, 2.05) is 42.6 Å². The van der Waals surface area contributed by atoms with Gasteiger partial charge in [0, 0.05) is 35.1 Å². The molecule has 178 valence electrons. The van der Waals surface area contributed by atoms with E-state index in [9.17, 15) is 8.42 Å². The molecule has 2 N–H and O–H groups in total. The number of pyridine rings is 1. The van der Waals surface area contributed by atoms with Crippen LogP contribution in [0.3, 0.4) is 0 Å². The largest absolute Gasteiger partial charge is 0.351 e. The first kappa shape index (κ1) is 23.1. The summed E-state index contributed by atoms with van der Waals surface area (Å²) in [5, 5.41) is 4.04. The quantitative estimate of drug-likeness (QED) is 0.371. The molecular weight excluding hydrogens is 478 g/mol. The van der Waals surface area contributed by atoms with Crippen LogP contribution in [-0.2, 0) is 10.0 Å². The minimum Gasteiger partial charge on any atom is -0.351 e. The van der Waals surface area contributed by atoms with Crippen LogP contribution in [0, 0.1) is 6.92 Å². The molecule has 0 radical (unpaired) electrons. The topological polar surface area (TPSA) is 79.3 Å². The molecule has 0 unspecified atom stereocenters. The highest BCUT2D eigenvalue weighted by Gasteiger charge is 2.42. The van der Waals surface area contributed by atoms with Gasteiger partial charge in [0.25, 0.3) is 0 Å². The number of thiocarbonyl (C=S) groups is 1. The third kappa shape index (κ3) is 4.78. The van der Waals surface area contributed by atoms with Crippen LogP contribution in [0.5, 0.6) is 0 Å². The van der Waals surface area contributed by atoms with Gasteiger partial charge in [-0.25, -0.2) is 8.42 Å². The lowest BCUT2D eigenvalue weighted by Gasteiger charge is -2.29. The predicted octanol–water partition coefficient (Wildman–Crippen LogP) is 4.73. The molecule has 3 heterocycles. The molecule has 0 bridgehead atoms. The predicted molar refractivity (Wildman–Crippen MR) is 143 cm³/mol. The highest BCUT2D eigenvalue weighted by Crippen LogP contribution is 2.42. The molecular formula is C26H25N5O2S2. The minimum atomic E-state index is -3.36. The van der Waals surface area contributed by atoms with Crippen molar-refractivity contribution in [2.75, 3.05) is 15.9 Å². The molecule has 5 rings (SSSR count). The highest BCUT2D eigenvalue weighted by atomic mass is 32.2. The van der Waals surface area contributed by atoms with Crippen molar-refractivity contribution in [2.24, 2.45) is 0 Å². The molecule has 1 aliphatic rings. The average Bonchev–Trinajstić information content (AvgIpc) is 3.44. The monoisotopic (exact) mass is 503 g/mol. The van der Waals surface area contributed by atoms with E-state index in [0.29, 0.717) is 10.8 Å². The molecule has 2 aromatic carbocycles. The normalized spacial score (nSPS) is 17.9. The second kappa shape index (κ2) is 9.16. The number of aromatic nitrogens is 2. The maximum atomic E-state index is 11.6. The van der Waals surface area contributed by atoms with Gasteiger partial charge in [-0.15, -0.1) is 0 Å². The molecule has 0 saturated carbocycles. The first-order valence-corrected chi connectivity index (χ1v) is 13.4. The molecule has 1 aliphatic heterocycles. The van der Waals surface area contributed by atoms with Crippen LogP contribution in [-0.4, -0.2) is 29.3 Å². The van der Waals surface area contributed by atoms with E-state index in [-0.39, 0.29) is 12.1 Å². The van der Waals surface area contributed by atoms with Crippen molar-refractivity contribution in [1.82, 2.24) is 14.9 Å². The van der Waals surface area contributed by atoms with E-state index in [2.05, 4.69) is 61.7 Å². The number of nitrogens with one attached hydrogen (secondary N) is 2. The van der Waals surface area contributed by atoms with Gasteiger partial charge in [0.15, 0.2) is 5.11 Å². The molecule has 7 nitrogen and oxygen atoms in total. The van der Waals surface area contributed by atoms with Crippen molar-refractivity contribution >= 4 is 38.7 Å². The Kier molecular flexibility index (Phi) is 6.04. The van der Waals surface area contributed by atoms with Gasteiger partial charge >= 0.3 is 0 Å². The Morgan fingerprint density at radius 1 is 0.943 bits per heavy atom. The number of aryl methyl sites for hydroxylation is 1. The van der Waals surface area contributed by atoms with Crippen molar-refractivity contribution in [3.8, 4) is 5.69 Å². The summed E-state index contributed by atoms with van der Waals surface area (Å²) in [7, 11) is -3.36. The molecule has 0 aliphatic carbocycles. The second-order valence-electron chi connectivity index (χ2n) is 8.56. The maximum Gasteiger partial charge on any atom is 0.229 e. The van der Waals surface area contributed by atoms with E-state index < -0.39 is 10.0 Å². The molecule has 35 heavy (non-hydrogen) atoms. The van der Waals surface area contributed by atoms with Crippen molar-refractivity contribution in [1.29, 1.82) is 0 Å². The summed E-state index contributed by atoms with van der Waals surface area (Å²) in [4.78, 5) is 6.69. The Hall–Kier alpha value is -3.69. The van der Waals surface area contributed by atoms with Crippen LogP contribution in [0.1, 0.15) is 29.0 Å². The smallest absolute Gasteiger partial charge is 0.229 e. The van der Waals surface area contributed by atoms with Gasteiger partial charge in [0.05, 0.1) is 18.0 Å². The van der Waals surface area contributed by atoms with Crippen molar-refractivity contribution in [3.63, 3.8) is 0 Å². The van der Waals surface area contributed by atoms with E-state index in [0.717, 1.165) is 29.0 Å². The zero-order valence-corrected chi connectivity index (χ0v) is 20.9. The zero-order chi connectivity index (χ0) is 24.6. The summed E-state index contributed by atoms with van der Waals surface area (Å²) in [6, 6.07) is 25.2. The minimum absolute atomic E-state index is 0.184. The Morgan fingerprint density at radius 3 is 2.31 bits per heavy atom. The van der Waals surface area contributed by atoms with Gasteiger partial charge < -0.3 is 14.8 Å². The van der Waals surface area contributed by atoms with Crippen LogP contribution < -0.4 is 14.9 Å². The number of hydrogen-bond donors (Lipinski definition) is 2. The van der Waals surface area contributed by atoms with Crippen LogP contribution in [0.25, 0.3) is 5.69 Å². The Labute approximate surface area is 210 Å². The van der Waals surface area contributed by atoms with Gasteiger partial charge in [-0.1, -0.05) is 23.8 Å². The number of anilines is 2. The van der Waals surface area contributed by atoms with Gasteiger partial charge in [-0.2, -0.15) is 0 Å². The average molecular weight is 504 g/mol. The van der Waals surface area contributed by atoms with Gasteiger partial charge in [0.2, 0.25) is 10.0 Å². The maximum absolute atomic E-state index is 11.6. The summed E-state index contributed by atoms with van der Waals surface area (Å²) >= 11 is 5.81. The van der Waals surface area contributed by atoms with Gasteiger partial charge in [-0.3, -0.25) is 9.71 Å². The number of sulfonamides is 1. The molecule has 0 spiro atoms. The van der Waals surface area contributed by atoms with Crippen molar-refractivity contribution < 1.29 is 8.42 Å². The SMILES string of the molecule is Cc1ccc(-n2cccc2[C@H]2[C@@H](c3ccccn3)NC(=S)N2c2ccc(NS(C)(=O)=O)cc2)cc1. The first-order chi connectivity index (χ1) is 16.8. The third-order valence-corrected chi connectivity index (χ3v) is 6.86. The highest BCUT2D eigenvalue weighted by molar-refractivity contribution is 7.92. The van der Waals surface area contributed by atoms with Crippen LogP contribution in [0.4, 0.5) is 11.4 Å². The van der Waals surface area contributed by atoms with E-state index in [4.69, 9.17) is 12.2 Å². The fraction of sp³-hybridized carbons (Fsp3) is 0.154. The number of rotatable bonds is 6. The van der Waals surface area contributed by atoms with Gasteiger partial charge in [0.1, 0.15) is 6.04 Å². The number of benzene rings is 2. The lowest BCUT2D eigenvalue weighted by Crippen LogP contribution is -2.30. The fourth-order valence-corrected chi connectivity index (χ4v) is 5.32.